The predicted molar refractivity (Wildman–Crippen MR) is 383 cm³/mol. The number of carbonyl (C=O) groups is 6. The molecule has 0 saturated carbocycles. The van der Waals surface area contributed by atoms with E-state index in [-0.39, 0.29) is 77.8 Å². The van der Waals surface area contributed by atoms with Crippen LogP contribution in [-0.4, -0.2) is 415 Å². The summed E-state index contributed by atoms with van der Waals surface area (Å²) in [5.41, 5.74) is -5.36. The Morgan fingerprint density at radius 3 is 0.871 bits per heavy atom. The van der Waals surface area contributed by atoms with E-state index in [4.69, 9.17) is 74.3 Å². The fraction of sp³-hybridized carbons (Fsp3) is 0.905. The van der Waals surface area contributed by atoms with E-state index in [0.29, 0.717) is 0 Å². The predicted octanol–water partition coefficient (Wildman–Crippen LogP) is -8.13. The number of nitrogens with one attached hydrogen (secondary N) is 3. The van der Waals surface area contributed by atoms with Crippen LogP contribution in [0.15, 0.2) is 0 Å². The lowest BCUT2D eigenvalue weighted by Crippen LogP contribution is -2.64. The zero-order valence-corrected chi connectivity index (χ0v) is 68.1. The maximum Gasteiger partial charge on any atom is 0.472 e. The largest absolute Gasteiger partial charge is 0.472 e. The van der Waals surface area contributed by atoms with Crippen molar-refractivity contribution < 1.29 is 207 Å². The van der Waals surface area contributed by atoms with Gasteiger partial charge in [-0.1, -0.05) is 0 Å². The lowest BCUT2D eigenvalue weighted by Gasteiger charge is -2.43. The second kappa shape index (κ2) is 46.8. The second-order valence-corrected chi connectivity index (χ2v) is 35.1. The van der Waals surface area contributed by atoms with Gasteiger partial charge in [-0.25, -0.2) is 18.3 Å². The molecule has 674 valence electrons. The van der Waals surface area contributed by atoms with Gasteiger partial charge in [-0.05, 0) is 38.5 Å². The topological polar surface area (TPSA) is 697 Å². The summed E-state index contributed by atoms with van der Waals surface area (Å²) in [6.45, 7) is -11.0. The third-order valence-electron chi connectivity index (χ3n) is 20.4. The van der Waals surface area contributed by atoms with Crippen LogP contribution in [0.25, 0.3) is 0 Å². The molecule has 0 aromatic heterocycles. The van der Waals surface area contributed by atoms with Crippen LogP contribution in [0, 0.1) is 21.7 Å². The van der Waals surface area contributed by atoms with E-state index in [0.717, 1.165) is 27.9 Å². The Balaban J connectivity index is 1.03. The Morgan fingerprint density at radius 1 is 0.388 bits per heavy atom. The molecule has 6 saturated heterocycles. The molecule has 53 heteroatoms. The van der Waals surface area contributed by atoms with Crippen molar-refractivity contribution in [3.63, 3.8) is 0 Å². The molecule has 0 radical (unpaired) electrons. The van der Waals surface area contributed by atoms with Crippen LogP contribution in [-0.2, 0) is 126 Å². The summed E-state index contributed by atoms with van der Waals surface area (Å²) in [6.07, 6.45) is -18.0. The van der Waals surface area contributed by atoms with Gasteiger partial charge < -0.3 is 154 Å². The van der Waals surface area contributed by atoms with Crippen LogP contribution in [0.2, 0.25) is 0 Å². The molecule has 0 spiro atoms. The van der Waals surface area contributed by atoms with Crippen molar-refractivity contribution in [3.05, 3.63) is 0 Å². The van der Waals surface area contributed by atoms with Crippen LogP contribution in [0.4, 0.5) is 0 Å². The Kier molecular flexibility index (Phi) is 40.8. The molecule has 19 unspecified atom stereocenters. The zero-order chi connectivity index (χ0) is 86.0. The van der Waals surface area contributed by atoms with E-state index in [1.54, 1.807) is 0 Å². The molecular formula is C63H114N6O43P4. The molecule has 49 nitrogen and oxygen atoms in total. The average Bonchev–Trinajstić information content (AvgIpc) is 0.815. The van der Waals surface area contributed by atoms with Crippen molar-refractivity contribution in [1.29, 1.82) is 0 Å². The number of carbonyl (C=O) groups excluding carboxylic acids is 6. The summed E-state index contributed by atoms with van der Waals surface area (Å²) >= 11 is 0. The molecule has 19 N–H and O–H groups in total. The number of ether oxygens (including phenoxy) is 9. The first-order valence-electron chi connectivity index (χ1n) is 36.9. The molecule has 6 aliphatic heterocycles. The molecule has 19 atom stereocenters. The van der Waals surface area contributed by atoms with Crippen LogP contribution >= 0.6 is 31.3 Å². The van der Waals surface area contributed by atoms with E-state index in [2.05, 4.69) is 20.5 Å². The number of phosphoric acid groups is 4. The fourth-order valence-corrected chi connectivity index (χ4v) is 16.1. The van der Waals surface area contributed by atoms with E-state index in [1.807, 2.05) is 0 Å². The summed E-state index contributed by atoms with van der Waals surface area (Å²) in [6, 6.07) is -3.98. The minimum Gasteiger partial charge on any atom is -0.396 e. The third-order valence-corrected chi connectivity index (χ3v) is 24.2. The Bertz CT molecular complexity index is 2980. The first kappa shape index (κ1) is 101. The first-order chi connectivity index (χ1) is 54.6. The van der Waals surface area contributed by atoms with Crippen molar-refractivity contribution >= 4 is 66.7 Å². The highest BCUT2D eigenvalue weighted by Gasteiger charge is 2.51. The van der Waals surface area contributed by atoms with Crippen LogP contribution < -0.4 is 16.0 Å². The van der Waals surface area contributed by atoms with Crippen molar-refractivity contribution in [1.82, 2.24) is 30.7 Å². The lowest BCUT2D eigenvalue weighted by atomic mass is 9.80. The monoisotopic (exact) mass is 1770 g/mol. The molecule has 116 heavy (non-hydrogen) atoms. The minimum absolute atomic E-state index is 0.0216. The van der Waals surface area contributed by atoms with Gasteiger partial charge >= 0.3 is 31.3 Å². The van der Waals surface area contributed by atoms with E-state index in [1.165, 1.54) is 14.7 Å². The molecule has 6 rings (SSSR count). The number of aliphatic hydroxyl groups excluding tert-OH is 12. The fourth-order valence-electron chi connectivity index (χ4n) is 13.1. The van der Waals surface area contributed by atoms with Crippen molar-refractivity contribution in [2.75, 3.05) is 192 Å². The van der Waals surface area contributed by atoms with Gasteiger partial charge in [0.1, 0.15) is 92.9 Å². The van der Waals surface area contributed by atoms with E-state index >= 15 is 0 Å². The van der Waals surface area contributed by atoms with Gasteiger partial charge in [0.15, 0.2) is 18.9 Å². The maximum absolute atomic E-state index is 13.3. The summed E-state index contributed by atoms with van der Waals surface area (Å²) in [4.78, 5) is 122. The van der Waals surface area contributed by atoms with E-state index in [9.17, 15) is 128 Å². The van der Waals surface area contributed by atoms with Crippen LogP contribution in [0.3, 0.4) is 0 Å². The number of hydrogen-bond donors (Lipinski definition) is 19. The highest BCUT2D eigenvalue weighted by molar-refractivity contribution is 7.48. The molecule has 0 aliphatic carbocycles. The normalized spacial score (nSPS) is 30.2. The Morgan fingerprint density at radius 2 is 0.647 bits per heavy atom. The summed E-state index contributed by atoms with van der Waals surface area (Å²) in [7, 11) is -19.1. The van der Waals surface area contributed by atoms with Gasteiger partial charge in [0, 0.05) is 83.4 Å². The molecule has 0 aromatic rings. The lowest BCUT2D eigenvalue weighted by molar-refractivity contribution is -0.269. The minimum atomic E-state index is -5.00. The van der Waals surface area contributed by atoms with Gasteiger partial charge in [-0.2, -0.15) is 0 Å². The number of piperidine rings is 3. The maximum atomic E-state index is 13.3. The van der Waals surface area contributed by atoms with Crippen LogP contribution in [0.1, 0.15) is 59.3 Å². The van der Waals surface area contributed by atoms with Gasteiger partial charge in [0.25, 0.3) is 0 Å². The number of rotatable bonds is 49. The molecule has 0 bridgehead atoms. The second-order valence-electron chi connectivity index (χ2n) is 29.2. The van der Waals surface area contributed by atoms with Crippen molar-refractivity contribution in [2.24, 2.45) is 21.7 Å². The Hall–Kier alpha value is -3.58. The summed E-state index contributed by atoms with van der Waals surface area (Å²) in [5, 5.41) is 130. The first-order valence-corrected chi connectivity index (χ1v) is 42.9. The number of hydrogen-bond acceptors (Lipinski definition) is 39. The van der Waals surface area contributed by atoms with Crippen LogP contribution in [0.5, 0.6) is 0 Å². The molecular weight excluding hydrogens is 1650 g/mol. The summed E-state index contributed by atoms with van der Waals surface area (Å²) < 4.78 is 145. The molecule has 6 fully saturated rings. The van der Waals surface area contributed by atoms with Gasteiger partial charge in [0.2, 0.25) is 35.4 Å². The quantitative estimate of drug-likeness (QED) is 0.0199. The van der Waals surface area contributed by atoms with Gasteiger partial charge in [-0.15, -0.1) is 0 Å². The van der Waals surface area contributed by atoms with Gasteiger partial charge in [-0.3, -0.25) is 65.0 Å². The van der Waals surface area contributed by atoms with Crippen molar-refractivity contribution in [2.45, 2.75) is 151 Å². The number of likely N-dealkylation sites (tertiary alicyclic amines) is 3. The number of aliphatic hydroxyl groups is 12. The zero-order valence-electron chi connectivity index (χ0n) is 64.5. The average molecular weight is 1770 g/mol. The molecule has 0 aromatic carbocycles. The van der Waals surface area contributed by atoms with E-state index < -0.39 is 326 Å². The molecule has 6 amide bonds. The summed E-state index contributed by atoms with van der Waals surface area (Å²) in [5.74, 6) is -3.69. The number of amides is 6. The smallest absolute Gasteiger partial charge is 0.396 e. The van der Waals surface area contributed by atoms with Gasteiger partial charge in [0.05, 0.1) is 131 Å². The molecule has 6 heterocycles. The molecule has 6 aliphatic rings. The Labute approximate surface area is 666 Å². The highest BCUT2D eigenvalue weighted by atomic mass is 31.2. The standard InChI is InChI=1S/C63H114N6O43P4/c1-39(76)64-48-54(85)51(82)42(23-70)110-57(48)100-26-45(79)67-11-5-60(29-73,6-12-67)35-107-114(90,91)103-20-17-97-32-63(38-106-113(88,89)96-4,33-98-18-21-104-115(92,93)108-36-61(30-74)7-13-68(14-8-61)46(80)27-101-58-49(65-40(2)77)55(86)52(83)43(24-71)111-58)34-99-19-22-105-116(94,95)109-37-62(31-75)9-15-69(16-10-62)47(81)28-102-59-50(66-41(3)78)56(87)53(84)44(25-72)112-59/h42-44,48-59,70-75,82-87H,5-38H2,1-4H3,(H,64,76)(H,65,77)(H,66,78)(H,88,89)(H,90,91)(H,92,93)(H,94,95). The SMILES string of the molecule is COP(=O)(O)OCC(COCCOP(=O)(O)OCC1(CO)CCN(C(=O)COC2OC(CO)C(O)C(O)C2NC(C)=O)CC1)(COCCOP(=O)(O)OCC1(CO)CCN(C(=O)COC2OC(CO)C(O)C(O)C2NC(C)=O)CC1)COCCOP(=O)(O)OCC1(CO)CCN(C(=O)COC2OC(CO)C(O)C(O)C2NC(C)=O)CC1. The highest BCUT2D eigenvalue weighted by Crippen LogP contribution is 2.50. The third kappa shape index (κ3) is 30.7. The number of phosphoric ester groups is 4. The number of nitrogens with zero attached hydrogens (tertiary/aromatic N) is 3. The van der Waals surface area contributed by atoms with Crippen molar-refractivity contribution in [3.8, 4) is 0 Å².